The number of hydrogen-bond acceptors (Lipinski definition) is 1. The summed E-state index contributed by atoms with van der Waals surface area (Å²) < 4.78 is 0. The highest BCUT2D eigenvalue weighted by Crippen LogP contribution is 2.40. The van der Waals surface area contributed by atoms with E-state index in [-0.39, 0.29) is 0 Å². The SMILES string of the molecule is c1ccc2c(c1)Cc1ccccc1C1=C2CCN(CC2CCCC2)CC1. The summed E-state index contributed by atoms with van der Waals surface area (Å²) in [5.41, 5.74) is 9.30. The van der Waals surface area contributed by atoms with E-state index in [1.165, 1.54) is 80.4 Å². The van der Waals surface area contributed by atoms with Crippen LogP contribution in [0.25, 0.3) is 11.1 Å². The van der Waals surface area contributed by atoms with Crippen molar-refractivity contribution in [2.75, 3.05) is 19.6 Å². The monoisotopic (exact) mass is 343 g/mol. The molecule has 2 aromatic rings. The molecular weight excluding hydrogens is 314 g/mol. The van der Waals surface area contributed by atoms with E-state index in [1.807, 2.05) is 0 Å². The summed E-state index contributed by atoms with van der Waals surface area (Å²) >= 11 is 0. The molecule has 0 spiro atoms. The summed E-state index contributed by atoms with van der Waals surface area (Å²) in [5, 5.41) is 0. The molecule has 0 bridgehead atoms. The molecule has 0 saturated heterocycles. The van der Waals surface area contributed by atoms with E-state index in [2.05, 4.69) is 53.4 Å². The molecule has 1 aliphatic heterocycles. The first kappa shape index (κ1) is 16.3. The van der Waals surface area contributed by atoms with E-state index in [4.69, 9.17) is 0 Å². The van der Waals surface area contributed by atoms with Crippen LogP contribution in [0, 0.1) is 5.92 Å². The van der Waals surface area contributed by atoms with Crippen LogP contribution >= 0.6 is 0 Å². The Morgan fingerprint density at radius 3 is 1.85 bits per heavy atom. The van der Waals surface area contributed by atoms with Crippen molar-refractivity contribution in [3.05, 3.63) is 70.8 Å². The Morgan fingerprint density at radius 1 is 0.731 bits per heavy atom. The zero-order valence-electron chi connectivity index (χ0n) is 15.7. The van der Waals surface area contributed by atoms with Gasteiger partial charge in [-0.05, 0) is 71.4 Å². The predicted molar refractivity (Wildman–Crippen MR) is 110 cm³/mol. The fourth-order valence-corrected chi connectivity index (χ4v) is 5.43. The molecule has 0 N–H and O–H groups in total. The van der Waals surface area contributed by atoms with Gasteiger partial charge >= 0.3 is 0 Å². The third-order valence-electron chi connectivity index (χ3n) is 6.78. The molecule has 0 atom stereocenters. The summed E-state index contributed by atoms with van der Waals surface area (Å²) in [6, 6.07) is 18.3. The summed E-state index contributed by atoms with van der Waals surface area (Å²) in [6.45, 7) is 3.78. The second-order valence-corrected chi connectivity index (χ2v) is 8.40. The van der Waals surface area contributed by atoms with Gasteiger partial charge in [-0.1, -0.05) is 61.4 Å². The molecule has 134 valence electrons. The summed E-state index contributed by atoms with van der Waals surface area (Å²) in [5.74, 6) is 0.951. The number of rotatable bonds is 2. The maximum Gasteiger partial charge on any atom is 0.00224 e. The van der Waals surface area contributed by atoms with Crippen molar-refractivity contribution in [2.45, 2.75) is 44.9 Å². The van der Waals surface area contributed by atoms with Crippen LogP contribution in [0.5, 0.6) is 0 Å². The molecule has 1 saturated carbocycles. The molecule has 0 unspecified atom stereocenters. The zero-order chi connectivity index (χ0) is 17.3. The lowest BCUT2D eigenvalue weighted by atomic mass is 9.91. The van der Waals surface area contributed by atoms with Gasteiger partial charge < -0.3 is 4.90 Å². The minimum atomic E-state index is 0.951. The minimum absolute atomic E-state index is 0.951. The molecule has 0 amide bonds. The highest BCUT2D eigenvalue weighted by molar-refractivity contribution is 5.94. The second kappa shape index (κ2) is 7.04. The normalized spacial score (nSPS) is 20.9. The molecule has 3 aliphatic rings. The van der Waals surface area contributed by atoms with Crippen molar-refractivity contribution in [1.82, 2.24) is 4.90 Å². The van der Waals surface area contributed by atoms with Crippen molar-refractivity contribution >= 4 is 11.1 Å². The Labute approximate surface area is 157 Å². The molecule has 2 aromatic carbocycles. The van der Waals surface area contributed by atoms with E-state index in [0.717, 1.165) is 12.3 Å². The van der Waals surface area contributed by atoms with E-state index in [1.54, 1.807) is 11.1 Å². The van der Waals surface area contributed by atoms with Crippen molar-refractivity contribution in [3.8, 4) is 0 Å². The average Bonchev–Trinajstić information content (AvgIpc) is 3.04. The fourth-order valence-electron chi connectivity index (χ4n) is 5.43. The molecule has 0 radical (unpaired) electrons. The van der Waals surface area contributed by atoms with Gasteiger partial charge in [-0.25, -0.2) is 0 Å². The van der Waals surface area contributed by atoms with Crippen LogP contribution in [0.2, 0.25) is 0 Å². The van der Waals surface area contributed by atoms with Crippen molar-refractivity contribution in [2.24, 2.45) is 5.92 Å². The first-order chi connectivity index (χ1) is 12.9. The van der Waals surface area contributed by atoms with E-state index < -0.39 is 0 Å². The van der Waals surface area contributed by atoms with Crippen LogP contribution in [0.15, 0.2) is 48.5 Å². The number of benzene rings is 2. The van der Waals surface area contributed by atoms with Crippen LogP contribution in [-0.2, 0) is 6.42 Å². The maximum absolute atomic E-state index is 2.76. The first-order valence-corrected chi connectivity index (χ1v) is 10.5. The largest absolute Gasteiger partial charge is 0.302 e. The topological polar surface area (TPSA) is 3.24 Å². The molecule has 1 fully saturated rings. The van der Waals surface area contributed by atoms with Gasteiger partial charge in [-0.3, -0.25) is 0 Å². The van der Waals surface area contributed by atoms with Gasteiger partial charge in [0.25, 0.3) is 0 Å². The van der Waals surface area contributed by atoms with Crippen molar-refractivity contribution in [3.63, 3.8) is 0 Å². The van der Waals surface area contributed by atoms with E-state index in [0.29, 0.717) is 0 Å². The number of fused-ring (bicyclic) bond motifs is 4. The molecule has 26 heavy (non-hydrogen) atoms. The zero-order valence-corrected chi connectivity index (χ0v) is 15.7. The highest BCUT2D eigenvalue weighted by atomic mass is 15.1. The highest BCUT2D eigenvalue weighted by Gasteiger charge is 2.26. The average molecular weight is 344 g/mol. The molecule has 1 heteroatoms. The molecule has 2 aliphatic carbocycles. The maximum atomic E-state index is 2.76. The molecular formula is C25H29N. The van der Waals surface area contributed by atoms with Gasteiger partial charge in [-0.2, -0.15) is 0 Å². The van der Waals surface area contributed by atoms with Gasteiger partial charge in [-0.15, -0.1) is 0 Å². The molecule has 1 nitrogen and oxygen atoms in total. The summed E-state index contributed by atoms with van der Waals surface area (Å²) in [7, 11) is 0. The standard InChI is InChI=1S/C25H29N/c1-2-8-19(7-1)18-26-15-13-24-22-11-5-3-9-20(22)17-21-10-4-6-12-23(21)25(24)14-16-26/h3-6,9-12,19H,1-2,7-8,13-18H2. The second-order valence-electron chi connectivity index (χ2n) is 8.40. The Hall–Kier alpha value is -1.86. The van der Waals surface area contributed by atoms with Gasteiger partial charge in [0.05, 0.1) is 0 Å². The van der Waals surface area contributed by atoms with Crippen LogP contribution in [-0.4, -0.2) is 24.5 Å². The Kier molecular flexibility index (Phi) is 4.42. The van der Waals surface area contributed by atoms with Gasteiger partial charge in [0, 0.05) is 19.6 Å². The molecule has 5 rings (SSSR count). The number of nitrogens with zero attached hydrogens (tertiary/aromatic N) is 1. The quantitative estimate of drug-likeness (QED) is 0.667. The summed E-state index contributed by atoms with van der Waals surface area (Å²) in [4.78, 5) is 2.76. The minimum Gasteiger partial charge on any atom is -0.302 e. The number of hydrogen-bond donors (Lipinski definition) is 0. The third kappa shape index (κ3) is 3.03. The van der Waals surface area contributed by atoms with Gasteiger partial charge in [0.15, 0.2) is 0 Å². The van der Waals surface area contributed by atoms with Crippen molar-refractivity contribution in [1.29, 1.82) is 0 Å². The molecule has 0 aromatic heterocycles. The van der Waals surface area contributed by atoms with Crippen LogP contribution in [0.1, 0.15) is 60.8 Å². The van der Waals surface area contributed by atoms with Crippen LogP contribution in [0.3, 0.4) is 0 Å². The van der Waals surface area contributed by atoms with Crippen molar-refractivity contribution < 1.29 is 0 Å². The third-order valence-corrected chi connectivity index (χ3v) is 6.78. The van der Waals surface area contributed by atoms with E-state index in [9.17, 15) is 0 Å². The van der Waals surface area contributed by atoms with Crippen LogP contribution < -0.4 is 0 Å². The fraction of sp³-hybridized carbons (Fsp3) is 0.440. The Bertz CT molecular complexity index is 766. The predicted octanol–water partition coefficient (Wildman–Crippen LogP) is 5.79. The Morgan fingerprint density at radius 2 is 1.27 bits per heavy atom. The van der Waals surface area contributed by atoms with Gasteiger partial charge in [0.2, 0.25) is 0 Å². The lowest BCUT2D eigenvalue weighted by molar-refractivity contribution is 0.244. The first-order valence-electron chi connectivity index (χ1n) is 10.5. The smallest absolute Gasteiger partial charge is 0.00224 e. The molecule has 1 heterocycles. The van der Waals surface area contributed by atoms with Gasteiger partial charge in [0.1, 0.15) is 0 Å². The lowest BCUT2D eigenvalue weighted by Crippen LogP contribution is -2.30. The lowest BCUT2D eigenvalue weighted by Gasteiger charge is -2.24. The summed E-state index contributed by atoms with van der Waals surface area (Å²) in [6.07, 6.45) is 9.29. The van der Waals surface area contributed by atoms with Crippen LogP contribution in [0.4, 0.5) is 0 Å². The Balaban J connectivity index is 1.50. The van der Waals surface area contributed by atoms with E-state index >= 15 is 0 Å².